The van der Waals surface area contributed by atoms with E-state index in [0.717, 1.165) is 0 Å². The van der Waals surface area contributed by atoms with E-state index >= 15 is 0 Å². The highest BCUT2D eigenvalue weighted by Gasteiger charge is 2.38. The first kappa shape index (κ1) is 15.8. The number of nitrogens with zero attached hydrogens (tertiary/aromatic N) is 2. The molecule has 0 bridgehead atoms. The van der Waals surface area contributed by atoms with Gasteiger partial charge < -0.3 is 9.64 Å². The molecule has 0 aromatic rings. The molecule has 1 fully saturated rings. The van der Waals surface area contributed by atoms with E-state index in [9.17, 15) is 13.6 Å². The first-order valence-corrected chi connectivity index (χ1v) is 6.52. The average molecular weight is 274 g/mol. The van der Waals surface area contributed by atoms with Crippen molar-refractivity contribution in [1.29, 1.82) is 5.26 Å². The zero-order valence-electron chi connectivity index (χ0n) is 11.2. The molecule has 1 amide bonds. The lowest BCUT2D eigenvalue weighted by Crippen LogP contribution is -2.41. The van der Waals surface area contributed by atoms with E-state index in [1.165, 1.54) is 7.11 Å². The van der Waals surface area contributed by atoms with E-state index in [1.54, 1.807) is 4.90 Å². The summed E-state index contributed by atoms with van der Waals surface area (Å²) in [7, 11) is 1.54. The largest absolute Gasteiger partial charge is 0.383 e. The molecule has 0 aliphatic heterocycles. The molecule has 1 aliphatic carbocycles. The van der Waals surface area contributed by atoms with Crippen LogP contribution in [0, 0.1) is 17.2 Å². The van der Waals surface area contributed by atoms with E-state index in [0.29, 0.717) is 19.7 Å². The summed E-state index contributed by atoms with van der Waals surface area (Å²) in [6.45, 7) is 1.13. The van der Waals surface area contributed by atoms with Crippen LogP contribution in [0.5, 0.6) is 0 Å². The Morgan fingerprint density at radius 2 is 2.05 bits per heavy atom. The van der Waals surface area contributed by atoms with Gasteiger partial charge >= 0.3 is 0 Å². The molecule has 0 aromatic heterocycles. The van der Waals surface area contributed by atoms with Crippen LogP contribution in [0.2, 0.25) is 0 Å². The Kier molecular flexibility index (Phi) is 6.16. The topological polar surface area (TPSA) is 53.3 Å². The summed E-state index contributed by atoms with van der Waals surface area (Å²) in [6.07, 6.45) is 0.252. The molecule has 4 nitrogen and oxygen atoms in total. The Morgan fingerprint density at radius 3 is 2.58 bits per heavy atom. The molecule has 0 saturated heterocycles. The highest BCUT2D eigenvalue weighted by molar-refractivity contribution is 5.79. The minimum absolute atomic E-state index is 0.122. The van der Waals surface area contributed by atoms with E-state index < -0.39 is 5.92 Å². The van der Waals surface area contributed by atoms with Crippen molar-refractivity contribution in [3.63, 3.8) is 0 Å². The summed E-state index contributed by atoms with van der Waals surface area (Å²) in [5, 5.41) is 8.58. The van der Waals surface area contributed by atoms with Gasteiger partial charge in [-0.25, -0.2) is 8.78 Å². The maximum Gasteiger partial charge on any atom is 0.248 e. The number of halogens is 2. The van der Waals surface area contributed by atoms with Gasteiger partial charge in [0.1, 0.15) is 0 Å². The Hall–Kier alpha value is -1.22. The highest BCUT2D eigenvalue weighted by atomic mass is 19.3. The average Bonchev–Trinajstić information content (AvgIpc) is 2.38. The summed E-state index contributed by atoms with van der Waals surface area (Å²) in [5.41, 5.74) is 0. The molecule has 0 N–H and O–H groups in total. The number of rotatable bonds is 6. The number of hydrogen-bond acceptors (Lipinski definition) is 3. The Morgan fingerprint density at radius 1 is 1.42 bits per heavy atom. The van der Waals surface area contributed by atoms with Crippen molar-refractivity contribution in [1.82, 2.24) is 4.90 Å². The van der Waals surface area contributed by atoms with E-state index in [-0.39, 0.29) is 43.9 Å². The van der Waals surface area contributed by atoms with Gasteiger partial charge in [0, 0.05) is 39.0 Å². The van der Waals surface area contributed by atoms with Gasteiger partial charge in [0.05, 0.1) is 19.1 Å². The van der Waals surface area contributed by atoms with E-state index in [1.807, 2.05) is 6.07 Å². The monoisotopic (exact) mass is 274 g/mol. The summed E-state index contributed by atoms with van der Waals surface area (Å²) in [6, 6.07) is 1.99. The number of nitriles is 1. The molecular weight excluding hydrogens is 254 g/mol. The normalized spacial score (nSPS) is 18.8. The lowest BCUT2D eigenvalue weighted by Gasteiger charge is -2.31. The van der Waals surface area contributed by atoms with Crippen molar-refractivity contribution in [2.45, 2.75) is 38.0 Å². The number of methoxy groups -OCH3 is 1. The molecule has 0 radical (unpaired) electrons. The van der Waals surface area contributed by atoms with Gasteiger partial charge in [0.25, 0.3) is 0 Å². The standard InChI is InChI=1S/C13H20F2N2O2/c1-19-10-9-17(8-2-7-16)12(18)11-3-5-13(14,15)6-4-11/h11H,2-6,8-10H2,1H3. The third-order valence-corrected chi connectivity index (χ3v) is 3.44. The maximum atomic E-state index is 13.1. The van der Waals surface area contributed by atoms with Crippen LogP contribution in [-0.2, 0) is 9.53 Å². The fourth-order valence-electron chi connectivity index (χ4n) is 2.26. The highest BCUT2D eigenvalue weighted by Crippen LogP contribution is 2.36. The van der Waals surface area contributed by atoms with Gasteiger partial charge in [-0.15, -0.1) is 0 Å². The van der Waals surface area contributed by atoms with Crippen molar-refractivity contribution in [2.75, 3.05) is 26.8 Å². The second-order valence-corrected chi connectivity index (χ2v) is 4.86. The van der Waals surface area contributed by atoms with Gasteiger partial charge in [-0.05, 0) is 12.8 Å². The van der Waals surface area contributed by atoms with Crippen LogP contribution < -0.4 is 0 Å². The smallest absolute Gasteiger partial charge is 0.248 e. The number of hydrogen-bond donors (Lipinski definition) is 0. The van der Waals surface area contributed by atoms with Crippen LogP contribution in [0.15, 0.2) is 0 Å². The molecule has 1 rings (SSSR count). The van der Waals surface area contributed by atoms with Crippen molar-refractivity contribution in [3.8, 4) is 6.07 Å². The van der Waals surface area contributed by atoms with Crippen LogP contribution in [0.1, 0.15) is 32.1 Å². The zero-order chi connectivity index (χ0) is 14.3. The Bertz CT molecular complexity index is 332. The minimum atomic E-state index is -2.62. The fourth-order valence-corrected chi connectivity index (χ4v) is 2.26. The molecule has 1 saturated carbocycles. The Balaban J connectivity index is 2.53. The summed E-state index contributed by atoms with van der Waals surface area (Å²) in [4.78, 5) is 13.8. The molecule has 0 atom stereocenters. The van der Waals surface area contributed by atoms with Crippen LogP contribution in [-0.4, -0.2) is 43.5 Å². The van der Waals surface area contributed by atoms with Crippen LogP contribution in [0.4, 0.5) is 8.78 Å². The molecule has 108 valence electrons. The lowest BCUT2D eigenvalue weighted by atomic mass is 9.86. The van der Waals surface area contributed by atoms with Crippen LogP contribution >= 0.6 is 0 Å². The molecule has 0 spiro atoms. The number of carbonyl (C=O) groups excluding carboxylic acids is 1. The second kappa shape index (κ2) is 7.39. The van der Waals surface area contributed by atoms with Crippen molar-refractivity contribution in [3.05, 3.63) is 0 Å². The van der Waals surface area contributed by atoms with Crippen molar-refractivity contribution in [2.24, 2.45) is 5.92 Å². The number of alkyl halides is 2. The molecule has 0 unspecified atom stereocenters. The molecular formula is C13H20F2N2O2. The number of carbonyl (C=O) groups is 1. The first-order chi connectivity index (χ1) is 9.00. The summed E-state index contributed by atoms with van der Waals surface area (Å²) < 4.78 is 31.0. The number of amides is 1. The van der Waals surface area contributed by atoms with Gasteiger partial charge in [0.2, 0.25) is 11.8 Å². The molecule has 0 heterocycles. The van der Waals surface area contributed by atoms with Crippen molar-refractivity contribution < 1.29 is 18.3 Å². The van der Waals surface area contributed by atoms with Crippen LogP contribution in [0.3, 0.4) is 0 Å². The molecule has 6 heteroatoms. The first-order valence-electron chi connectivity index (χ1n) is 6.52. The fraction of sp³-hybridized carbons (Fsp3) is 0.846. The van der Waals surface area contributed by atoms with E-state index in [4.69, 9.17) is 10.00 Å². The van der Waals surface area contributed by atoms with E-state index in [2.05, 4.69) is 0 Å². The van der Waals surface area contributed by atoms with Crippen molar-refractivity contribution >= 4 is 5.91 Å². The third-order valence-electron chi connectivity index (χ3n) is 3.44. The molecule has 0 aromatic carbocycles. The SMILES string of the molecule is COCCN(CCC#N)C(=O)C1CCC(F)(F)CC1. The zero-order valence-corrected chi connectivity index (χ0v) is 11.2. The van der Waals surface area contributed by atoms with Gasteiger partial charge in [-0.2, -0.15) is 5.26 Å². The second-order valence-electron chi connectivity index (χ2n) is 4.86. The summed E-state index contributed by atoms with van der Waals surface area (Å²) >= 11 is 0. The summed E-state index contributed by atoms with van der Waals surface area (Å²) in [5.74, 6) is -3.08. The molecule has 19 heavy (non-hydrogen) atoms. The van der Waals surface area contributed by atoms with Gasteiger partial charge in [-0.3, -0.25) is 4.79 Å². The molecule has 1 aliphatic rings. The van der Waals surface area contributed by atoms with Crippen LogP contribution in [0.25, 0.3) is 0 Å². The minimum Gasteiger partial charge on any atom is -0.383 e. The predicted molar refractivity (Wildman–Crippen MR) is 65.6 cm³/mol. The van der Waals surface area contributed by atoms with Gasteiger partial charge in [0.15, 0.2) is 0 Å². The lowest BCUT2D eigenvalue weighted by molar-refractivity contribution is -0.140. The third kappa shape index (κ3) is 5.11. The predicted octanol–water partition coefficient (Wildman–Crippen LogP) is 2.20. The Labute approximate surface area is 112 Å². The number of ether oxygens (including phenoxy) is 1. The van der Waals surface area contributed by atoms with Gasteiger partial charge in [-0.1, -0.05) is 0 Å². The maximum absolute atomic E-state index is 13.1. The quantitative estimate of drug-likeness (QED) is 0.746.